The van der Waals surface area contributed by atoms with Crippen molar-refractivity contribution in [3.8, 4) is 0 Å². The maximum Gasteiger partial charge on any atom is 0.329 e. The average Bonchev–Trinajstić information content (AvgIpc) is 2.53. The highest BCUT2D eigenvalue weighted by Gasteiger charge is 2.19. The number of piperazine rings is 1. The molecule has 1 fully saturated rings. The van der Waals surface area contributed by atoms with Crippen LogP contribution in [0.2, 0.25) is 0 Å². The van der Waals surface area contributed by atoms with Gasteiger partial charge in [-0.25, -0.2) is 9.78 Å². The Morgan fingerprint density at radius 3 is 2.41 bits per heavy atom. The van der Waals surface area contributed by atoms with E-state index in [1.807, 2.05) is 17.0 Å². The van der Waals surface area contributed by atoms with Gasteiger partial charge in [0.25, 0.3) is 5.56 Å². The lowest BCUT2D eigenvalue weighted by Gasteiger charge is -2.36. The summed E-state index contributed by atoms with van der Waals surface area (Å²) in [5, 5.41) is 0. The van der Waals surface area contributed by atoms with Gasteiger partial charge < -0.3 is 9.80 Å². The summed E-state index contributed by atoms with van der Waals surface area (Å²) < 4.78 is 2.01. The van der Waals surface area contributed by atoms with Crippen LogP contribution in [0.25, 0.3) is 0 Å². The van der Waals surface area contributed by atoms with Crippen molar-refractivity contribution in [2.45, 2.75) is 0 Å². The van der Waals surface area contributed by atoms with E-state index in [1.54, 1.807) is 6.20 Å². The minimum atomic E-state index is -0.389. The Kier molecular flexibility index (Phi) is 4.02. The summed E-state index contributed by atoms with van der Waals surface area (Å²) in [5.74, 6) is 1.51. The van der Waals surface area contributed by atoms with Crippen molar-refractivity contribution < 1.29 is 0 Å². The highest BCUT2D eigenvalue weighted by atomic mass is 79.9. The zero-order valence-electron chi connectivity index (χ0n) is 12.1. The predicted molar refractivity (Wildman–Crippen MR) is 88.7 cm³/mol. The molecule has 0 saturated carbocycles. The van der Waals surface area contributed by atoms with Crippen LogP contribution in [-0.2, 0) is 7.05 Å². The molecule has 1 saturated heterocycles. The highest BCUT2D eigenvalue weighted by Crippen LogP contribution is 2.18. The van der Waals surface area contributed by atoms with Crippen LogP contribution in [0.5, 0.6) is 0 Å². The van der Waals surface area contributed by atoms with Crippen molar-refractivity contribution in [3.63, 3.8) is 0 Å². The Morgan fingerprint density at radius 1 is 1.14 bits per heavy atom. The van der Waals surface area contributed by atoms with Crippen LogP contribution in [-0.4, -0.2) is 40.7 Å². The van der Waals surface area contributed by atoms with E-state index in [0.717, 1.165) is 41.0 Å². The van der Waals surface area contributed by atoms with E-state index in [-0.39, 0.29) is 11.2 Å². The van der Waals surface area contributed by atoms with Gasteiger partial charge in [0.15, 0.2) is 0 Å². The maximum absolute atomic E-state index is 11.7. The van der Waals surface area contributed by atoms with Crippen LogP contribution in [0.1, 0.15) is 0 Å². The highest BCUT2D eigenvalue weighted by molar-refractivity contribution is 9.10. The fourth-order valence-corrected chi connectivity index (χ4v) is 2.68. The summed E-state index contributed by atoms with van der Waals surface area (Å²) in [7, 11) is 1.46. The lowest BCUT2D eigenvalue weighted by atomic mass is 10.3. The van der Waals surface area contributed by atoms with Gasteiger partial charge in [-0.1, -0.05) is 0 Å². The lowest BCUT2D eigenvalue weighted by molar-refractivity contribution is 0.635. The van der Waals surface area contributed by atoms with E-state index in [4.69, 9.17) is 0 Å². The largest absolute Gasteiger partial charge is 0.354 e. The molecule has 8 heteroatoms. The molecule has 7 nitrogen and oxygen atoms in total. The minimum Gasteiger partial charge on any atom is -0.354 e. The van der Waals surface area contributed by atoms with Crippen LogP contribution in [0, 0.1) is 0 Å². The molecule has 0 unspecified atom stereocenters. The summed E-state index contributed by atoms with van der Waals surface area (Å²) >= 11 is 3.37. The van der Waals surface area contributed by atoms with Gasteiger partial charge in [0.2, 0.25) is 0 Å². The summed E-state index contributed by atoms with van der Waals surface area (Å²) in [5.41, 5.74) is -0.685. The van der Waals surface area contributed by atoms with Crippen molar-refractivity contribution in [1.82, 2.24) is 14.5 Å². The molecule has 3 rings (SSSR count). The molecule has 2 aromatic heterocycles. The van der Waals surface area contributed by atoms with Gasteiger partial charge in [0.1, 0.15) is 11.6 Å². The number of aromatic amines is 1. The maximum atomic E-state index is 11.7. The van der Waals surface area contributed by atoms with Gasteiger partial charge in [-0.3, -0.25) is 14.3 Å². The van der Waals surface area contributed by atoms with Crippen molar-refractivity contribution in [2.24, 2.45) is 7.05 Å². The van der Waals surface area contributed by atoms with E-state index in [9.17, 15) is 9.59 Å². The molecule has 1 aliphatic rings. The second-order valence-corrected chi connectivity index (χ2v) is 6.08. The number of nitrogens with one attached hydrogen (secondary N) is 1. The summed E-state index contributed by atoms with van der Waals surface area (Å²) in [6.07, 6.45) is 1.78. The quantitative estimate of drug-likeness (QED) is 0.841. The van der Waals surface area contributed by atoms with Crippen LogP contribution < -0.4 is 21.0 Å². The molecule has 0 atom stereocenters. The Morgan fingerprint density at radius 2 is 1.82 bits per heavy atom. The number of H-pyrrole nitrogens is 1. The minimum absolute atomic E-state index is 0.296. The van der Waals surface area contributed by atoms with Gasteiger partial charge in [-0.15, -0.1) is 0 Å². The van der Waals surface area contributed by atoms with Gasteiger partial charge >= 0.3 is 5.69 Å². The molecule has 116 valence electrons. The third kappa shape index (κ3) is 2.92. The van der Waals surface area contributed by atoms with Crippen molar-refractivity contribution >= 4 is 27.6 Å². The van der Waals surface area contributed by atoms with E-state index >= 15 is 0 Å². The van der Waals surface area contributed by atoms with E-state index < -0.39 is 0 Å². The molecule has 1 aliphatic heterocycles. The first-order valence-corrected chi connectivity index (χ1v) is 7.76. The molecule has 0 amide bonds. The van der Waals surface area contributed by atoms with E-state index in [0.29, 0.717) is 5.82 Å². The van der Waals surface area contributed by atoms with E-state index in [1.165, 1.54) is 13.1 Å². The Labute approximate surface area is 135 Å². The molecule has 1 N–H and O–H groups in total. The molecule has 0 radical (unpaired) electrons. The van der Waals surface area contributed by atoms with Crippen LogP contribution in [0.3, 0.4) is 0 Å². The number of nitrogens with zero attached hydrogens (tertiary/aromatic N) is 4. The standard InChI is InChI=1S/C14H16BrN5O2/c1-18-13(21)8-12(17-14(18)22)20-6-4-19(5-7-20)11-3-2-10(15)9-16-11/h2-3,8-9H,4-7H2,1H3,(H,17,22). The van der Waals surface area contributed by atoms with Crippen LogP contribution >= 0.6 is 15.9 Å². The normalized spacial score (nSPS) is 15.2. The number of hydrogen-bond donors (Lipinski definition) is 1. The van der Waals surface area contributed by atoms with Crippen LogP contribution in [0.15, 0.2) is 38.5 Å². The number of rotatable bonds is 2. The fourth-order valence-electron chi connectivity index (χ4n) is 2.45. The molecule has 22 heavy (non-hydrogen) atoms. The smallest absolute Gasteiger partial charge is 0.329 e. The predicted octanol–water partition coefficient (Wildman–Crippen LogP) is 0.558. The van der Waals surface area contributed by atoms with Gasteiger partial charge in [0.05, 0.1) is 0 Å². The molecular formula is C14H16BrN5O2. The topological polar surface area (TPSA) is 74.2 Å². The first kappa shape index (κ1) is 14.8. The Bertz CT molecular complexity index is 744. The summed E-state index contributed by atoms with van der Waals surface area (Å²) in [4.78, 5) is 34.7. The molecule has 0 spiro atoms. The summed E-state index contributed by atoms with van der Waals surface area (Å²) in [6, 6.07) is 5.40. The van der Waals surface area contributed by atoms with Crippen LogP contribution in [0.4, 0.5) is 11.6 Å². The lowest BCUT2D eigenvalue weighted by Crippen LogP contribution is -2.48. The number of hydrogen-bond acceptors (Lipinski definition) is 5. The third-order valence-electron chi connectivity index (χ3n) is 3.79. The van der Waals surface area contributed by atoms with Gasteiger partial charge in [0, 0.05) is 50.0 Å². The molecule has 0 aliphatic carbocycles. The van der Waals surface area contributed by atoms with Crippen molar-refractivity contribution in [2.75, 3.05) is 36.0 Å². The van der Waals surface area contributed by atoms with Gasteiger partial charge in [-0.2, -0.15) is 0 Å². The Hall–Kier alpha value is -2.09. The average molecular weight is 366 g/mol. The molecule has 3 heterocycles. The van der Waals surface area contributed by atoms with Crippen molar-refractivity contribution in [3.05, 3.63) is 49.7 Å². The zero-order chi connectivity index (χ0) is 15.7. The number of halogens is 1. The summed E-state index contributed by atoms with van der Waals surface area (Å²) in [6.45, 7) is 3.01. The zero-order valence-corrected chi connectivity index (χ0v) is 13.7. The first-order valence-electron chi connectivity index (χ1n) is 6.96. The fraction of sp³-hybridized carbons (Fsp3) is 0.357. The molecule has 2 aromatic rings. The van der Waals surface area contributed by atoms with E-state index in [2.05, 4.69) is 30.8 Å². The third-order valence-corrected chi connectivity index (χ3v) is 4.26. The SMILES string of the molecule is Cn1c(=O)cc(N2CCN(c3ccc(Br)cn3)CC2)[nH]c1=O. The van der Waals surface area contributed by atoms with Crippen molar-refractivity contribution in [1.29, 1.82) is 0 Å². The number of anilines is 2. The number of pyridine rings is 1. The van der Waals surface area contributed by atoms with Gasteiger partial charge in [-0.05, 0) is 28.1 Å². The monoisotopic (exact) mass is 365 g/mol. The molecular weight excluding hydrogens is 350 g/mol. The number of aromatic nitrogens is 3. The molecule has 0 bridgehead atoms. The second kappa shape index (κ2) is 5.96. The first-order chi connectivity index (χ1) is 10.5. The Balaban J connectivity index is 1.73. The second-order valence-electron chi connectivity index (χ2n) is 5.17. The molecule has 0 aromatic carbocycles.